The van der Waals surface area contributed by atoms with E-state index in [4.69, 9.17) is 16.6 Å². The lowest BCUT2D eigenvalue weighted by Gasteiger charge is -2.17. The molecule has 4 rings (SSSR count). The lowest BCUT2D eigenvalue weighted by Crippen LogP contribution is -2.06. The van der Waals surface area contributed by atoms with Crippen LogP contribution in [0.3, 0.4) is 0 Å². The number of hydrogen-bond acceptors (Lipinski definition) is 3. The van der Waals surface area contributed by atoms with E-state index >= 15 is 0 Å². The first kappa shape index (κ1) is 17.6. The average Bonchev–Trinajstić information content (AvgIpc) is 3.16. The molecular weight excluding hydrogens is 385 g/mol. The molecule has 0 fully saturated rings. The molecule has 0 amide bonds. The van der Waals surface area contributed by atoms with E-state index in [1.165, 1.54) is 17.4 Å². The minimum absolute atomic E-state index is 0.271. The second-order valence-corrected chi connectivity index (χ2v) is 7.39. The standard InChI is InChI=1S/C21H13ClFNO2S/c22-12-7-8-17-14(10-12)20(13-4-1-2-5-16(13)23)15(11-19(25)26)21(24-17)18-6-3-9-27-18/h1-10H,11H2,(H,25,26). The Morgan fingerprint density at radius 1 is 1.15 bits per heavy atom. The topological polar surface area (TPSA) is 50.2 Å². The first-order valence-corrected chi connectivity index (χ1v) is 9.43. The fourth-order valence-electron chi connectivity index (χ4n) is 3.19. The molecule has 0 unspecified atom stereocenters. The van der Waals surface area contributed by atoms with Crippen molar-refractivity contribution in [3.05, 3.63) is 76.4 Å². The van der Waals surface area contributed by atoms with E-state index in [0.717, 1.165) is 4.88 Å². The summed E-state index contributed by atoms with van der Waals surface area (Å²) in [4.78, 5) is 17.1. The smallest absolute Gasteiger partial charge is 0.307 e. The monoisotopic (exact) mass is 397 g/mol. The van der Waals surface area contributed by atoms with Crippen LogP contribution in [-0.2, 0) is 11.2 Å². The van der Waals surface area contributed by atoms with Crippen molar-refractivity contribution in [1.29, 1.82) is 0 Å². The van der Waals surface area contributed by atoms with Gasteiger partial charge in [0, 0.05) is 21.5 Å². The minimum Gasteiger partial charge on any atom is -0.481 e. The molecule has 0 aliphatic heterocycles. The van der Waals surface area contributed by atoms with Gasteiger partial charge in [-0.25, -0.2) is 9.37 Å². The number of rotatable bonds is 4. The summed E-state index contributed by atoms with van der Waals surface area (Å²) in [6, 6.07) is 15.3. The van der Waals surface area contributed by atoms with Gasteiger partial charge in [0.1, 0.15) is 5.82 Å². The van der Waals surface area contributed by atoms with Gasteiger partial charge in [-0.3, -0.25) is 4.79 Å². The number of carboxylic acid groups (broad SMARTS) is 1. The van der Waals surface area contributed by atoms with E-state index < -0.39 is 11.8 Å². The number of fused-ring (bicyclic) bond motifs is 1. The van der Waals surface area contributed by atoms with E-state index in [0.29, 0.717) is 38.3 Å². The summed E-state index contributed by atoms with van der Waals surface area (Å²) < 4.78 is 14.7. The van der Waals surface area contributed by atoms with Gasteiger partial charge < -0.3 is 5.11 Å². The average molecular weight is 398 g/mol. The van der Waals surface area contributed by atoms with Gasteiger partial charge in [0.05, 0.1) is 22.5 Å². The number of carboxylic acids is 1. The Morgan fingerprint density at radius 3 is 2.67 bits per heavy atom. The summed E-state index contributed by atoms with van der Waals surface area (Å²) in [6.07, 6.45) is -0.271. The molecule has 0 saturated heterocycles. The molecule has 0 aliphatic rings. The predicted octanol–water partition coefficient (Wildman–Crippen LogP) is 6.05. The van der Waals surface area contributed by atoms with Crippen LogP contribution in [0.2, 0.25) is 5.02 Å². The summed E-state index contributed by atoms with van der Waals surface area (Å²) in [7, 11) is 0. The molecule has 0 atom stereocenters. The van der Waals surface area contributed by atoms with Gasteiger partial charge in [0.25, 0.3) is 0 Å². The lowest BCUT2D eigenvalue weighted by molar-refractivity contribution is -0.136. The van der Waals surface area contributed by atoms with Crippen molar-refractivity contribution in [2.75, 3.05) is 0 Å². The van der Waals surface area contributed by atoms with E-state index in [2.05, 4.69) is 0 Å². The summed E-state index contributed by atoms with van der Waals surface area (Å²) in [6.45, 7) is 0. The van der Waals surface area contributed by atoms with Gasteiger partial charge in [-0.1, -0.05) is 35.9 Å². The van der Waals surface area contributed by atoms with Crippen LogP contribution >= 0.6 is 22.9 Å². The Kier molecular flexibility index (Phi) is 4.64. The van der Waals surface area contributed by atoms with E-state index in [-0.39, 0.29) is 6.42 Å². The van der Waals surface area contributed by atoms with Gasteiger partial charge in [0.2, 0.25) is 0 Å². The van der Waals surface area contributed by atoms with Gasteiger partial charge >= 0.3 is 5.97 Å². The van der Waals surface area contributed by atoms with Crippen molar-refractivity contribution < 1.29 is 14.3 Å². The molecule has 1 N–H and O–H groups in total. The zero-order valence-corrected chi connectivity index (χ0v) is 15.5. The van der Waals surface area contributed by atoms with E-state index in [1.807, 2.05) is 17.5 Å². The molecule has 0 aliphatic carbocycles. The molecule has 2 heterocycles. The molecular formula is C21H13ClFNO2S. The van der Waals surface area contributed by atoms with Gasteiger partial charge in [-0.05, 0) is 41.3 Å². The SMILES string of the molecule is O=C(O)Cc1c(-c2cccs2)nc2ccc(Cl)cc2c1-c1ccccc1F. The zero-order chi connectivity index (χ0) is 19.0. The van der Waals surface area contributed by atoms with Crippen LogP contribution in [0.25, 0.3) is 32.6 Å². The molecule has 6 heteroatoms. The quantitative estimate of drug-likeness (QED) is 0.456. The number of aromatic nitrogens is 1. The second kappa shape index (κ2) is 7.10. The number of thiophene rings is 1. The fraction of sp³-hybridized carbons (Fsp3) is 0.0476. The van der Waals surface area contributed by atoms with Gasteiger partial charge in [-0.2, -0.15) is 0 Å². The Bertz CT molecular complexity index is 1160. The number of hydrogen-bond donors (Lipinski definition) is 1. The number of pyridine rings is 1. The lowest BCUT2D eigenvalue weighted by atomic mass is 9.91. The van der Waals surface area contributed by atoms with Crippen molar-refractivity contribution in [2.24, 2.45) is 0 Å². The molecule has 3 nitrogen and oxygen atoms in total. The number of aliphatic carboxylic acids is 1. The molecule has 0 radical (unpaired) electrons. The molecule has 134 valence electrons. The normalized spacial score (nSPS) is 11.0. The van der Waals surface area contributed by atoms with Crippen molar-refractivity contribution in [2.45, 2.75) is 6.42 Å². The Morgan fingerprint density at radius 2 is 1.96 bits per heavy atom. The third-order valence-corrected chi connectivity index (χ3v) is 5.39. The summed E-state index contributed by atoms with van der Waals surface area (Å²) in [5, 5.41) is 12.5. The summed E-state index contributed by atoms with van der Waals surface area (Å²) in [5.41, 5.74) is 2.52. The van der Waals surface area contributed by atoms with Crippen molar-refractivity contribution >= 4 is 39.8 Å². The van der Waals surface area contributed by atoms with Crippen LogP contribution in [0.4, 0.5) is 4.39 Å². The summed E-state index contributed by atoms with van der Waals surface area (Å²) in [5.74, 6) is -1.43. The highest BCUT2D eigenvalue weighted by atomic mass is 35.5. The molecule has 27 heavy (non-hydrogen) atoms. The Labute approximate surface area is 163 Å². The number of nitrogens with zero attached hydrogens (tertiary/aromatic N) is 1. The molecule has 2 aromatic carbocycles. The molecule has 0 bridgehead atoms. The Hall–Kier alpha value is -2.76. The minimum atomic E-state index is -1.01. The van der Waals surface area contributed by atoms with Gasteiger partial charge in [0.15, 0.2) is 0 Å². The number of benzene rings is 2. The van der Waals surface area contributed by atoms with Crippen LogP contribution in [0.1, 0.15) is 5.56 Å². The first-order valence-electron chi connectivity index (χ1n) is 8.17. The van der Waals surface area contributed by atoms with Crippen molar-refractivity contribution in [1.82, 2.24) is 4.98 Å². The third-order valence-electron chi connectivity index (χ3n) is 4.27. The van der Waals surface area contributed by atoms with Crippen LogP contribution in [0.5, 0.6) is 0 Å². The predicted molar refractivity (Wildman–Crippen MR) is 107 cm³/mol. The number of carbonyl (C=O) groups is 1. The molecule has 0 saturated carbocycles. The van der Waals surface area contributed by atoms with Crippen LogP contribution in [0.15, 0.2) is 60.0 Å². The summed E-state index contributed by atoms with van der Waals surface area (Å²) >= 11 is 7.64. The molecule has 0 spiro atoms. The van der Waals surface area contributed by atoms with Crippen LogP contribution < -0.4 is 0 Å². The highest BCUT2D eigenvalue weighted by Gasteiger charge is 2.22. The first-order chi connectivity index (χ1) is 13.0. The van der Waals surface area contributed by atoms with Crippen molar-refractivity contribution in [3.8, 4) is 21.7 Å². The fourth-order valence-corrected chi connectivity index (χ4v) is 4.10. The highest BCUT2D eigenvalue weighted by molar-refractivity contribution is 7.13. The highest BCUT2D eigenvalue weighted by Crippen LogP contribution is 2.40. The van der Waals surface area contributed by atoms with E-state index in [9.17, 15) is 14.3 Å². The third kappa shape index (κ3) is 3.31. The largest absolute Gasteiger partial charge is 0.481 e. The molecule has 2 aromatic heterocycles. The number of halogens is 2. The Balaban J connectivity index is 2.18. The maximum absolute atomic E-state index is 14.7. The van der Waals surface area contributed by atoms with E-state index in [1.54, 1.807) is 36.4 Å². The van der Waals surface area contributed by atoms with Crippen molar-refractivity contribution in [3.63, 3.8) is 0 Å². The van der Waals surface area contributed by atoms with Crippen LogP contribution in [-0.4, -0.2) is 16.1 Å². The van der Waals surface area contributed by atoms with Crippen LogP contribution in [0, 0.1) is 5.82 Å². The second-order valence-electron chi connectivity index (χ2n) is 6.00. The maximum Gasteiger partial charge on any atom is 0.307 e. The van der Waals surface area contributed by atoms with Gasteiger partial charge in [-0.15, -0.1) is 11.3 Å². The maximum atomic E-state index is 14.7. The molecule has 4 aromatic rings. The zero-order valence-electron chi connectivity index (χ0n) is 13.9.